The first-order chi connectivity index (χ1) is 13.0. The molecule has 4 rings (SSSR count). The smallest absolute Gasteiger partial charge is 0.128 e. The number of fused-ring (bicyclic) bond motifs is 1. The normalized spacial score (nSPS) is 18.0. The van der Waals surface area contributed by atoms with E-state index in [0.717, 1.165) is 47.4 Å². The minimum Gasteiger partial charge on any atom is -0.354 e. The van der Waals surface area contributed by atoms with Gasteiger partial charge in [-0.2, -0.15) is 0 Å². The second kappa shape index (κ2) is 7.66. The number of thiazole rings is 1. The van der Waals surface area contributed by atoms with Gasteiger partial charge in [0.25, 0.3) is 0 Å². The zero-order valence-electron chi connectivity index (χ0n) is 16.0. The fourth-order valence-corrected chi connectivity index (χ4v) is 4.90. The minimum atomic E-state index is -0.478. The lowest BCUT2D eigenvalue weighted by Gasteiger charge is -2.38. The molecule has 0 radical (unpaired) electrons. The number of anilines is 1. The Balaban J connectivity index is 1.42. The molecule has 0 bridgehead atoms. The van der Waals surface area contributed by atoms with Gasteiger partial charge in [0.2, 0.25) is 0 Å². The second-order valence-corrected chi connectivity index (χ2v) is 9.75. The van der Waals surface area contributed by atoms with Crippen LogP contribution in [0.5, 0.6) is 0 Å². The average Bonchev–Trinajstić information content (AvgIpc) is 3.07. The SMILES string of the molecule is Cc1nc2cc(C(C)N3CCN(c4ccc(S(C)=N)cn4)CC3)ccc2s1. The molecule has 3 heterocycles. The fourth-order valence-electron chi connectivity index (χ4n) is 3.61. The number of piperazine rings is 1. The van der Waals surface area contributed by atoms with Crippen LogP contribution in [0, 0.1) is 11.7 Å². The zero-order chi connectivity index (χ0) is 19.0. The van der Waals surface area contributed by atoms with E-state index in [1.54, 1.807) is 11.3 Å². The van der Waals surface area contributed by atoms with E-state index in [1.165, 1.54) is 10.3 Å². The zero-order valence-corrected chi connectivity index (χ0v) is 17.6. The first-order valence-electron chi connectivity index (χ1n) is 9.20. The van der Waals surface area contributed by atoms with Crippen molar-refractivity contribution in [3.63, 3.8) is 0 Å². The maximum Gasteiger partial charge on any atom is 0.128 e. The lowest BCUT2D eigenvalue weighted by molar-refractivity contribution is 0.198. The maximum atomic E-state index is 7.80. The van der Waals surface area contributed by atoms with E-state index in [0.29, 0.717) is 6.04 Å². The van der Waals surface area contributed by atoms with E-state index in [-0.39, 0.29) is 0 Å². The van der Waals surface area contributed by atoms with Crippen LogP contribution in [0.2, 0.25) is 0 Å². The summed E-state index contributed by atoms with van der Waals surface area (Å²) in [6.45, 7) is 8.36. The van der Waals surface area contributed by atoms with Gasteiger partial charge < -0.3 is 4.90 Å². The molecule has 1 aromatic carbocycles. The van der Waals surface area contributed by atoms with Gasteiger partial charge in [-0.25, -0.2) is 9.97 Å². The summed E-state index contributed by atoms with van der Waals surface area (Å²) in [7, 11) is -0.478. The molecule has 0 aliphatic carbocycles. The van der Waals surface area contributed by atoms with Crippen LogP contribution in [0.4, 0.5) is 5.82 Å². The van der Waals surface area contributed by atoms with Crippen molar-refractivity contribution in [3.8, 4) is 0 Å². The number of nitrogens with one attached hydrogen (secondary N) is 1. The Bertz CT molecular complexity index is 958. The molecule has 0 saturated carbocycles. The van der Waals surface area contributed by atoms with Crippen molar-refractivity contribution in [2.45, 2.75) is 24.8 Å². The third-order valence-corrected chi connectivity index (χ3v) is 7.16. The van der Waals surface area contributed by atoms with Crippen LogP contribution in [-0.2, 0) is 10.7 Å². The Morgan fingerprint density at radius 1 is 1.15 bits per heavy atom. The topological polar surface area (TPSA) is 56.1 Å². The van der Waals surface area contributed by atoms with Gasteiger partial charge >= 0.3 is 0 Å². The molecule has 2 aromatic heterocycles. The Labute approximate surface area is 167 Å². The van der Waals surface area contributed by atoms with Crippen molar-refractivity contribution >= 4 is 38.1 Å². The van der Waals surface area contributed by atoms with Gasteiger partial charge in [-0.3, -0.25) is 9.68 Å². The standard InChI is InChI=1S/C20H25N5S2/c1-14(16-4-6-19-18(12-16)23-15(2)26-19)24-8-10-25(11-9-24)20-7-5-17(13-22-20)27(3)21/h4-7,12-14,21H,8-11H2,1-3H3. The van der Waals surface area contributed by atoms with Crippen LogP contribution in [0.15, 0.2) is 41.4 Å². The molecule has 2 unspecified atom stereocenters. The van der Waals surface area contributed by atoms with Crippen molar-refractivity contribution in [2.24, 2.45) is 0 Å². The van der Waals surface area contributed by atoms with E-state index in [4.69, 9.17) is 4.78 Å². The molecule has 1 N–H and O–H groups in total. The minimum absolute atomic E-state index is 0.388. The molecule has 1 fully saturated rings. The predicted octanol–water partition coefficient (Wildman–Crippen LogP) is 4.25. The monoisotopic (exact) mass is 399 g/mol. The number of aromatic nitrogens is 2. The fraction of sp³-hybridized carbons (Fsp3) is 0.400. The molecule has 0 spiro atoms. The number of nitrogens with zero attached hydrogens (tertiary/aromatic N) is 4. The predicted molar refractivity (Wildman–Crippen MR) is 115 cm³/mol. The highest BCUT2D eigenvalue weighted by molar-refractivity contribution is 7.85. The molecule has 0 amide bonds. The van der Waals surface area contributed by atoms with Crippen molar-refractivity contribution in [1.29, 1.82) is 4.78 Å². The molecule has 2 atom stereocenters. The van der Waals surface area contributed by atoms with Crippen LogP contribution in [0.3, 0.4) is 0 Å². The summed E-state index contributed by atoms with van der Waals surface area (Å²) < 4.78 is 9.07. The van der Waals surface area contributed by atoms with Crippen LogP contribution in [0.1, 0.15) is 23.5 Å². The summed E-state index contributed by atoms with van der Waals surface area (Å²) >= 11 is 1.76. The lowest BCUT2D eigenvalue weighted by Crippen LogP contribution is -2.47. The number of pyridine rings is 1. The van der Waals surface area contributed by atoms with E-state index in [9.17, 15) is 0 Å². The van der Waals surface area contributed by atoms with Crippen molar-refractivity contribution in [2.75, 3.05) is 37.3 Å². The molecule has 142 valence electrons. The number of rotatable bonds is 4. The van der Waals surface area contributed by atoms with Gasteiger partial charge in [0.1, 0.15) is 5.82 Å². The molecule has 3 aromatic rings. The van der Waals surface area contributed by atoms with Crippen LogP contribution >= 0.6 is 11.3 Å². The third-order valence-electron chi connectivity index (χ3n) is 5.26. The largest absolute Gasteiger partial charge is 0.354 e. The summed E-state index contributed by atoms with van der Waals surface area (Å²) in [5, 5.41) is 1.13. The van der Waals surface area contributed by atoms with Gasteiger partial charge in [0, 0.05) is 43.3 Å². The highest BCUT2D eigenvalue weighted by Crippen LogP contribution is 2.28. The van der Waals surface area contributed by atoms with Crippen molar-refractivity contribution in [1.82, 2.24) is 14.9 Å². The maximum absolute atomic E-state index is 7.80. The van der Waals surface area contributed by atoms with E-state index >= 15 is 0 Å². The van der Waals surface area contributed by atoms with Gasteiger partial charge in [0.05, 0.1) is 15.2 Å². The van der Waals surface area contributed by atoms with Crippen LogP contribution in [0.25, 0.3) is 10.2 Å². The van der Waals surface area contributed by atoms with Crippen LogP contribution in [-0.4, -0.2) is 47.3 Å². The average molecular weight is 400 g/mol. The summed E-state index contributed by atoms with van der Waals surface area (Å²) in [5.74, 6) is 1.02. The summed E-state index contributed by atoms with van der Waals surface area (Å²) in [6.07, 6.45) is 3.76. The Morgan fingerprint density at radius 2 is 1.93 bits per heavy atom. The molecular formula is C20H25N5S2. The number of aryl methyl sites for hydroxylation is 1. The third kappa shape index (κ3) is 3.90. The van der Waals surface area contributed by atoms with Gasteiger partial charge in [0.15, 0.2) is 0 Å². The lowest BCUT2D eigenvalue weighted by atomic mass is 10.1. The van der Waals surface area contributed by atoms with Gasteiger partial charge in [-0.15, -0.1) is 11.3 Å². The highest BCUT2D eigenvalue weighted by Gasteiger charge is 2.23. The first kappa shape index (κ1) is 18.5. The van der Waals surface area contributed by atoms with Gasteiger partial charge in [-0.05, 0) is 49.9 Å². The quantitative estimate of drug-likeness (QED) is 0.712. The van der Waals surface area contributed by atoms with E-state index < -0.39 is 10.7 Å². The van der Waals surface area contributed by atoms with Crippen molar-refractivity contribution < 1.29 is 0 Å². The van der Waals surface area contributed by atoms with Crippen molar-refractivity contribution in [3.05, 3.63) is 47.1 Å². The molecule has 1 saturated heterocycles. The molecular weight excluding hydrogens is 374 g/mol. The molecule has 5 nitrogen and oxygen atoms in total. The molecule has 1 aliphatic heterocycles. The summed E-state index contributed by atoms with van der Waals surface area (Å²) in [5.41, 5.74) is 2.46. The van der Waals surface area contributed by atoms with Crippen LogP contribution < -0.4 is 4.90 Å². The highest BCUT2D eigenvalue weighted by atomic mass is 32.2. The number of hydrogen-bond acceptors (Lipinski definition) is 6. The van der Waals surface area contributed by atoms with E-state index in [1.807, 2.05) is 18.5 Å². The molecule has 27 heavy (non-hydrogen) atoms. The first-order valence-corrected chi connectivity index (χ1v) is 11.7. The van der Waals surface area contributed by atoms with E-state index in [2.05, 4.69) is 57.9 Å². The summed E-state index contributed by atoms with van der Waals surface area (Å²) in [4.78, 5) is 15.1. The Hall–Kier alpha value is -1.83. The van der Waals surface area contributed by atoms with Gasteiger partial charge in [-0.1, -0.05) is 16.8 Å². The number of hydrogen-bond donors (Lipinski definition) is 1. The number of benzene rings is 1. The Kier molecular flexibility index (Phi) is 5.25. The molecule has 7 heteroatoms. The second-order valence-electron chi connectivity index (χ2n) is 7.02. The Morgan fingerprint density at radius 3 is 2.59 bits per heavy atom. The molecule has 1 aliphatic rings. The summed E-state index contributed by atoms with van der Waals surface area (Å²) in [6, 6.07) is 11.2.